The van der Waals surface area contributed by atoms with Gasteiger partial charge in [-0.2, -0.15) is 0 Å². The molecule has 2 aromatic rings. The fourth-order valence-corrected chi connectivity index (χ4v) is 2.24. The van der Waals surface area contributed by atoms with E-state index in [1.165, 1.54) is 6.33 Å². The molecule has 3 N–H and O–H groups in total. The third kappa shape index (κ3) is 5.19. The quantitative estimate of drug-likeness (QED) is 0.645. The van der Waals surface area contributed by atoms with E-state index in [1.807, 2.05) is 44.2 Å². The maximum absolute atomic E-state index is 12.1. The molecule has 1 aromatic carbocycles. The number of hydrogen-bond acceptors (Lipinski definition) is 5. The number of carbonyl (C=O) groups is 1. The molecule has 122 valence electrons. The van der Waals surface area contributed by atoms with Crippen LogP contribution in [0, 0.1) is 5.92 Å². The van der Waals surface area contributed by atoms with Crippen molar-refractivity contribution in [1.29, 1.82) is 0 Å². The molecule has 0 radical (unpaired) electrons. The summed E-state index contributed by atoms with van der Waals surface area (Å²) in [6, 6.07) is 9.71. The molecular formula is C15H21BN4O3. The molecule has 0 aliphatic heterocycles. The van der Waals surface area contributed by atoms with Gasteiger partial charge in [0, 0.05) is 0 Å². The first-order valence-corrected chi connectivity index (χ1v) is 7.56. The number of carbonyl (C=O) groups excluding carboxylic acids is 1. The van der Waals surface area contributed by atoms with Crippen molar-refractivity contribution in [3.05, 3.63) is 48.0 Å². The first-order chi connectivity index (χ1) is 11.0. The summed E-state index contributed by atoms with van der Waals surface area (Å²) in [7, 11) is -1.62. The minimum Gasteiger partial charge on any atom is -0.426 e. The summed E-state index contributed by atoms with van der Waals surface area (Å²) in [5.74, 6) is -1.04. The number of nitrogens with one attached hydrogen (secondary N) is 1. The van der Waals surface area contributed by atoms with Crippen LogP contribution in [0.3, 0.4) is 0 Å². The molecule has 1 aromatic heterocycles. The molecule has 0 saturated carbocycles. The smallest absolute Gasteiger partial charge is 0.426 e. The van der Waals surface area contributed by atoms with Gasteiger partial charge in [0.15, 0.2) is 0 Å². The van der Waals surface area contributed by atoms with Gasteiger partial charge >= 0.3 is 7.12 Å². The minimum atomic E-state index is -1.62. The number of benzene rings is 1. The standard InChI is InChI=1S/C15H21BN4O3/c1-11(2)8-13(16(22)23)18-15(21)14-17-10-20(19-14)9-12-6-4-3-5-7-12/h3-7,10-11,13,22-23H,8-9H2,1-2H3,(H,18,21)/t13-/m0/s1. The number of rotatable bonds is 7. The van der Waals surface area contributed by atoms with E-state index in [-0.39, 0.29) is 11.7 Å². The van der Waals surface area contributed by atoms with E-state index in [0.29, 0.717) is 13.0 Å². The van der Waals surface area contributed by atoms with Crippen molar-refractivity contribution in [3.63, 3.8) is 0 Å². The fourth-order valence-electron chi connectivity index (χ4n) is 2.24. The molecule has 1 atom stereocenters. The largest absolute Gasteiger partial charge is 0.475 e. The maximum atomic E-state index is 12.1. The van der Waals surface area contributed by atoms with Crippen molar-refractivity contribution < 1.29 is 14.8 Å². The van der Waals surface area contributed by atoms with Crippen LogP contribution < -0.4 is 5.32 Å². The third-order valence-electron chi connectivity index (χ3n) is 3.33. The number of aromatic nitrogens is 3. The zero-order valence-corrected chi connectivity index (χ0v) is 13.3. The molecule has 7 nitrogen and oxygen atoms in total. The van der Waals surface area contributed by atoms with E-state index in [2.05, 4.69) is 15.4 Å². The molecule has 0 aliphatic rings. The van der Waals surface area contributed by atoms with Crippen LogP contribution in [0.4, 0.5) is 0 Å². The van der Waals surface area contributed by atoms with Crippen LogP contribution in [0.15, 0.2) is 36.7 Å². The summed E-state index contributed by atoms with van der Waals surface area (Å²) in [6.07, 6.45) is 1.93. The molecule has 2 rings (SSSR count). The highest BCUT2D eigenvalue weighted by molar-refractivity contribution is 6.43. The Morgan fingerprint density at radius 3 is 2.61 bits per heavy atom. The van der Waals surface area contributed by atoms with E-state index in [1.54, 1.807) is 4.68 Å². The zero-order chi connectivity index (χ0) is 16.8. The Morgan fingerprint density at radius 1 is 1.30 bits per heavy atom. The lowest BCUT2D eigenvalue weighted by Crippen LogP contribution is -2.47. The Morgan fingerprint density at radius 2 is 2.00 bits per heavy atom. The van der Waals surface area contributed by atoms with Crippen LogP contribution >= 0.6 is 0 Å². The predicted molar refractivity (Wildman–Crippen MR) is 86.5 cm³/mol. The zero-order valence-electron chi connectivity index (χ0n) is 13.3. The number of hydrogen-bond donors (Lipinski definition) is 3. The average Bonchev–Trinajstić information content (AvgIpc) is 2.95. The molecule has 23 heavy (non-hydrogen) atoms. The van der Waals surface area contributed by atoms with Crippen molar-refractivity contribution in [2.75, 3.05) is 0 Å². The summed E-state index contributed by atoms with van der Waals surface area (Å²) in [5.41, 5.74) is 1.05. The van der Waals surface area contributed by atoms with Gasteiger partial charge in [-0.25, -0.2) is 9.67 Å². The van der Waals surface area contributed by atoms with Crippen molar-refractivity contribution in [1.82, 2.24) is 20.1 Å². The Balaban J connectivity index is 2.00. The SMILES string of the molecule is CC(C)C[C@H](NC(=O)c1ncn(Cc2ccccc2)n1)B(O)O. The van der Waals surface area contributed by atoms with Crippen LogP contribution in [-0.4, -0.2) is 43.8 Å². The Labute approximate surface area is 135 Å². The monoisotopic (exact) mass is 316 g/mol. The predicted octanol–water partition coefficient (Wildman–Crippen LogP) is 0.483. The van der Waals surface area contributed by atoms with Gasteiger partial charge in [-0.05, 0) is 17.9 Å². The topological polar surface area (TPSA) is 100 Å². The number of amides is 1. The molecule has 1 amide bonds. The van der Waals surface area contributed by atoms with Crippen molar-refractivity contribution >= 4 is 13.0 Å². The van der Waals surface area contributed by atoms with Gasteiger partial charge in [0.2, 0.25) is 5.82 Å². The van der Waals surface area contributed by atoms with E-state index in [9.17, 15) is 14.8 Å². The Kier molecular flexibility index (Phi) is 5.89. The lowest BCUT2D eigenvalue weighted by atomic mass is 9.75. The van der Waals surface area contributed by atoms with Gasteiger partial charge in [0.25, 0.3) is 5.91 Å². The van der Waals surface area contributed by atoms with Gasteiger partial charge in [-0.1, -0.05) is 44.2 Å². The highest BCUT2D eigenvalue weighted by atomic mass is 16.4. The van der Waals surface area contributed by atoms with Gasteiger partial charge in [0.05, 0.1) is 12.5 Å². The van der Waals surface area contributed by atoms with Crippen LogP contribution in [-0.2, 0) is 6.54 Å². The van der Waals surface area contributed by atoms with E-state index in [4.69, 9.17) is 0 Å². The van der Waals surface area contributed by atoms with Gasteiger partial charge in [-0.15, -0.1) is 5.10 Å². The summed E-state index contributed by atoms with van der Waals surface area (Å²) < 4.78 is 1.57. The van der Waals surface area contributed by atoms with Crippen LogP contribution in [0.2, 0.25) is 0 Å². The number of nitrogens with zero attached hydrogens (tertiary/aromatic N) is 3. The second-order valence-corrected chi connectivity index (χ2v) is 5.87. The molecular weight excluding hydrogens is 295 g/mol. The first-order valence-electron chi connectivity index (χ1n) is 7.56. The normalized spacial score (nSPS) is 12.2. The van der Waals surface area contributed by atoms with Crippen molar-refractivity contribution in [2.24, 2.45) is 5.92 Å². The highest BCUT2D eigenvalue weighted by Gasteiger charge is 2.27. The molecule has 1 heterocycles. The summed E-state index contributed by atoms with van der Waals surface area (Å²) in [6.45, 7) is 4.39. The average molecular weight is 316 g/mol. The third-order valence-corrected chi connectivity index (χ3v) is 3.33. The maximum Gasteiger partial charge on any atom is 0.475 e. The fraction of sp³-hybridized carbons (Fsp3) is 0.400. The van der Waals surface area contributed by atoms with E-state index < -0.39 is 19.0 Å². The summed E-state index contributed by atoms with van der Waals surface area (Å²) in [5, 5.41) is 25.4. The first kappa shape index (κ1) is 17.2. The van der Waals surface area contributed by atoms with Crippen LogP contribution in [0.5, 0.6) is 0 Å². The second-order valence-electron chi connectivity index (χ2n) is 5.87. The highest BCUT2D eigenvalue weighted by Crippen LogP contribution is 2.07. The lowest BCUT2D eigenvalue weighted by molar-refractivity contribution is 0.0927. The Bertz CT molecular complexity index is 631. The van der Waals surface area contributed by atoms with Crippen LogP contribution in [0.1, 0.15) is 36.5 Å². The summed E-state index contributed by atoms with van der Waals surface area (Å²) >= 11 is 0. The van der Waals surface area contributed by atoms with Gasteiger partial charge in [0.1, 0.15) is 6.33 Å². The molecule has 0 unspecified atom stereocenters. The Hall–Kier alpha value is -2.19. The minimum absolute atomic E-state index is 0.00957. The van der Waals surface area contributed by atoms with E-state index >= 15 is 0 Å². The molecule has 0 spiro atoms. The second kappa shape index (κ2) is 7.89. The summed E-state index contributed by atoms with van der Waals surface area (Å²) in [4.78, 5) is 16.1. The molecule has 0 aliphatic carbocycles. The van der Waals surface area contributed by atoms with Crippen molar-refractivity contribution in [2.45, 2.75) is 32.8 Å². The lowest BCUT2D eigenvalue weighted by Gasteiger charge is -2.18. The molecule has 8 heteroatoms. The van der Waals surface area contributed by atoms with Gasteiger partial charge in [-0.3, -0.25) is 4.79 Å². The molecule has 0 fully saturated rings. The van der Waals surface area contributed by atoms with Crippen LogP contribution in [0.25, 0.3) is 0 Å². The van der Waals surface area contributed by atoms with Gasteiger partial charge < -0.3 is 15.4 Å². The van der Waals surface area contributed by atoms with E-state index in [0.717, 1.165) is 5.56 Å². The molecule has 0 bridgehead atoms. The van der Waals surface area contributed by atoms with Crippen molar-refractivity contribution in [3.8, 4) is 0 Å². The molecule has 0 saturated heterocycles.